The van der Waals surface area contributed by atoms with E-state index in [0.29, 0.717) is 11.7 Å². The molecule has 0 radical (unpaired) electrons. The van der Waals surface area contributed by atoms with Crippen molar-refractivity contribution < 1.29 is 19.4 Å². The number of benzene rings is 2. The van der Waals surface area contributed by atoms with Gasteiger partial charge in [0, 0.05) is 20.9 Å². The number of carbonyl (C=O) groups is 1. The molecule has 5 heteroatoms. The molecule has 0 saturated heterocycles. The summed E-state index contributed by atoms with van der Waals surface area (Å²) in [5, 5.41) is 8.85. The molecule has 0 bridgehead atoms. The molecule has 0 amide bonds. The van der Waals surface area contributed by atoms with Gasteiger partial charge >= 0.3 is 5.97 Å². The Kier molecular flexibility index (Phi) is 8.38. The zero-order chi connectivity index (χ0) is 23.8. The lowest BCUT2D eigenvalue weighted by Crippen LogP contribution is -2.09. The number of carboxylic acids is 1. The van der Waals surface area contributed by atoms with Crippen molar-refractivity contribution in [2.75, 3.05) is 13.2 Å². The molecule has 0 atom stereocenters. The van der Waals surface area contributed by atoms with Gasteiger partial charge in [0.2, 0.25) is 0 Å². The van der Waals surface area contributed by atoms with Gasteiger partial charge in [-0.3, -0.25) is 0 Å². The van der Waals surface area contributed by atoms with Crippen LogP contribution in [0.3, 0.4) is 0 Å². The molecule has 34 heavy (non-hydrogen) atoms. The van der Waals surface area contributed by atoms with Crippen LogP contribution in [0.4, 0.5) is 0 Å². The van der Waals surface area contributed by atoms with Gasteiger partial charge in [-0.1, -0.05) is 54.7 Å². The Hall–Kier alpha value is -3.10. The molecule has 2 aromatic rings. The Morgan fingerprint density at radius 1 is 1.06 bits per heavy atom. The summed E-state index contributed by atoms with van der Waals surface area (Å²) in [7, 11) is 0. The van der Waals surface area contributed by atoms with Gasteiger partial charge in [0.25, 0.3) is 0 Å². The van der Waals surface area contributed by atoms with E-state index in [0.717, 1.165) is 51.7 Å². The first-order valence-electron chi connectivity index (χ1n) is 11.8. The molecule has 2 aliphatic rings. The molecular formula is C29H30O4S. The number of aliphatic carboxylic acids is 1. The second kappa shape index (κ2) is 11.9. The minimum Gasteiger partial charge on any atom is -0.493 e. The molecule has 1 fully saturated rings. The standard InChI is InChI=1S/C29H30O4S/c1-21-15-26(13-14-28(21)33-20-29(30)31)34-27-17-24(12-11-22-7-3-2-4-8-22)16-25(18-27)32-19-23-9-5-6-10-23/h3,7-8,13-18,23H,2,4-6,9-10,19-20H2,1H3,(H,30,31). The van der Waals surface area contributed by atoms with Gasteiger partial charge < -0.3 is 14.6 Å². The zero-order valence-electron chi connectivity index (χ0n) is 19.5. The molecule has 0 aromatic heterocycles. The third kappa shape index (κ3) is 7.20. The van der Waals surface area contributed by atoms with E-state index in [-0.39, 0.29) is 6.61 Å². The van der Waals surface area contributed by atoms with E-state index in [1.807, 2.05) is 31.2 Å². The lowest BCUT2D eigenvalue weighted by Gasteiger charge is -2.13. The molecule has 1 N–H and O–H groups in total. The normalized spacial score (nSPS) is 15.4. The summed E-state index contributed by atoms with van der Waals surface area (Å²) in [4.78, 5) is 12.9. The first-order chi connectivity index (χ1) is 16.5. The van der Waals surface area contributed by atoms with Crippen LogP contribution in [-0.4, -0.2) is 24.3 Å². The van der Waals surface area contributed by atoms with Gasteiger partial charge in [0.1, 0.15) is 11.5 Å². The summed E-state index contributed by atoms with van der Waals surface area (Å²) < 4.78 is 11.6. The molecule has 2 aliphatic carbocycles. The molecule has 2 aromatic carbocycles. The number of carboxylic acid groups (broad SMARTS) is 1. The van der Waals surface area contributed by atoms with E-state index in [1.165, 1.54) is 25.7 Å². The molecule has 4 nitrogen and oxygen atoms in total. The number of hydrogen-bond donors (Lipinski definition) is 1. The van der Waals surface area contributed by atoms with Crippen molar-refractivity contribution >= 4 is 17.7 Å². The van der Waals surface area contributed by atoms with Crippen LogP contribution in [0.1, 0.15) is 49.7 Å². The van der Waals surface area contributed by atoms with E-state index in [1.54, 1.807) is 11.8 Å². The summed E-state index contributed by atoms with van der Waals surface area (Å²) >= 11 is 1.63. The minimum absolute atomic E-state index is 0.346. The van der Waals surface area contributed by atoms with Crippen molar-refractivity contribution in [1.82, 2.24) is 0 Å². The van der Waals surface area contributed by atoms with Crippen LogP contribution >= 0.6 is 11.8 Å². The van der Waals surface area contributed by atoms with Gasteiger partial charge in [-0.25, -0.2) is 4.79 Å². The number of aryl methyl sites for hydroxylation is 1. The third-order valence-electron chi connectivity index (χ3n) is 5.92. The van der Waals surface area contributed by atoms with E-state index >= 15 is 0 Å². The Morgan fingerprint density at radius 2 is 1.91 bits per heavy atom. The van der Waals surface area contributed by atoms with E-state index in [9.17, 15) is 4.79 Å². The number of rotatable bonds is 8. The topological polar surface area (TPSA) is 55.8 Å². The van der Waals surface area contributed by atoms with Crippen LogP contribution in [0, 0.1) is 24.7 Å². The molecule has 1 saturated carbocycles. The van der Waals surface area contributed by atoms with Crippen molar-refractivity contribution in [1.29, 1.82) is 0 Å². The highest BCUT2D eigenvalue weighted by molar-refractivity contribution is 7.99. The van der Waals surface area contributed by atoms with Gasteiger partial charge in [0.15, 0.2) is 6.61 Å². The molecular weight excluding hydrogens is 444 g/mol. The van der Waals surface area contributed by atoms with Crippen LogP contribution in [0.15, 0.2) is 70.0 Å². The second-order valence-electron chi connectivity index (χ2n) is 8.76. The predicted octanol–water partition coefficient (Wildman–Crippen LogP) is 6.81. The van der Waals surface area contributed by atoms with Crippen LogP contribution < -0.4 is 9.47 Å². The monoisotopic (exact) mass is 474 g/mol. The summed E-state index contributed by atoms with van der Waals surface area (Å²) in [6, 6.07) is 12.0. The fourth-order valence-electron chi connectivity index (χ4n) is 4.15. The number of ether oxygens (including phenoxy) is 2. The number of allylic oxidation sites excluding steroid dienone is 4. The Labute approximate surface area is 206 Å². The summed E-state index contributed by atoms with van der Waals surface area (Å²) in [5.41, 5.74) is 2.89. The van der Waals surface area contributed by atoms with Crippen molar-refractivity contribution in [3.63, 3.8) is 0 Å². The SMILES string of the molecule is Cc1cc(Sc2cc(C#CC3=CCCC=C3)cc(OCC3CCCC3)c2)ccc1OCC(=O)O. The Morgan fingerprint density at radius 3 is 2.65 bits per heavy atom. The predicted molar refractivity (Wildman–Crippen MR) is 136 cm³/mol. The lowest BCUT2D eigenvalue weighted by atomic mass is 10.1. The lowest BCUT2D eigenvalue weighted by molar-refractivity contribution is -0.139. The molecule has 0 spiro atoms. The first kappa shape index (κ1) is 24.0. The quantitative estimate of drug-likeness (QED) is 0.426. The number of hydrogen-bond acceptors (Lipinski definition) is 4. The van der Waals surface area contributed by atoms with Crippen molar-refractivity contribution in [2.24, 2.45) is 5.92 Å². The fraction of sp³-hybridized carbons (Fsp3) is 0.345. The summed E-state index contributed by atoms with van der Waals surface area (Å²) in [5.74, 6) is 7.70. The molecule has 0 aliphatic heterocycles. The van der Waals surface area contributed by atoms with Gasteiger partial charge in [0.05, 0.1) is 6.61 Å². The third-order valence-corrected chi connectivity index (χ3v) is 6.88. The van der Waals surface area contributed by atoms with Crippen molar-refractivity contribution in [3.8, 4) is 23.3 Å². The second-order valence-corrected chi connectivity index (χ2v) is 9.90. The van der Waals surface area contributed by atoms with Crippen molar-refractivity contribution in [3.05, 3.63) is 71.3 Å². The zero-order valence-corrected chi connectivity index (χ0v) is 20.3. The average molecular weight is 475 g/mol. The minimum atomic E-state index is -0.986. The maximum absolute atomic E-state index is 10.8. The largest absolute Gasteiger partial charge is 0.493 e. The molecule has 4 rings (SSSR count). The van der Waals surface area contributed by atoms with Crippen LogP contribution in [0.25, 0.3) is 0 Å². The van der Waals surface area contributed by atoms with Gasteiger partial charge in [-0.15, -0.1) is 0 Å². The first-order valence-corrected chi connectivity index (χ1v) is 12.7. The van der Waals surface area contributed by atoms with Gasteiger partial charge in [-0.05, 0) is 80.5 Å². The Bertz CT molecular complexity index is 1150. The average Bonchev–Trinajstić information content (AvgIpc) is 3.35. The molecule has 176 valence electrons. The van der Waals surface area contributed by atoms with Crippen molar-refractivity contribution in [2.45, 2.75) is 55.2 Å². The summed E-state index contributed by atoms with van der Waals surface area (Å²) in [6.45, 7) is 2.33. The van der Waals surface area contributed by atoms with Crippen LogP contribution in [0.5, 0.6) is 11.5 Å². The highest BCUT2D eigenvalue weighted by atomic mass is 32.2. The van der Waals surface area contributed by atoms with Crippen LogP contribution in [-0.2, 0) is 4.79 Å². The molecule has 0 unspecified atom stereocenters. The summed E-state index contributed by atoms with van der Waals surface area (Å²) in [6.07, 6.45) is 13.6. The maximum Gasteiger partial charge on any atom is 0.341 e. The molecule has 0 heterocycles. The highest BCUT2D eigenvalue weighted by Crippen LogP contribution is 2.34. The smallest absolute Gasteiger partial charge is 0.341 e. The van der Waals surface area contributed by atoms with E-state index in [4.69, 9.17) is 14.6 Å². The Balaban J connectivity index is 1.53. The van der Waals surface area contributed by atoms with Gasteiger partial charge in [-0.2, -0.15) is 0 Å². The van der Waals surface area contributed by atoms with E-state index < -0.39 is 5.97 Å². The van der Waals surface area contributed by atoms with Crippen LogP contribution in [0.2, 0.25) is 0 Å². The van der Waals surface area contributed by atoms with E-state index in [2.05, 4.69) is 42.2 Å². The highest BCUT2D eigenvalue weighted by Gasteiger charge is 2.16. The fourth-order valence-corrected chi connectivity index (χ4v) is 5.16. The maximum atomic E-state index is 10.8.